The van der Waals surface area contributed by atoms with Gasteiger partial charge in [0.05, 0.1) is 45.6 Å². The van der Waals surface area contributed by atoms with E-state index in [1.807, 2.05) is 109 Å². The molecule has 0 radical (unpaired) electrons. The highest BCUT2D eigenvalue weighted by Crippen LogP contribution is 2.38. The van der Waals surface area contributed by atoms with Crippen LogP contribution < -0.4 is 0 Å². The van der Waals surface area contributed by atoms with E-state index in [9.17, 15) is 0 Å². The van der Waals surface area contributed by atoms with Crippen LogP contribution in [0.5, 0.6) is 0 Å². The molecule has 9 aromatic rings. The van der Waals surface area contributed by atoms with E-state index in [0.717, 1.165) is 93.7 Å². The third kappa shape index (κ3) is 7.35. The zero-order chi connectivity index (χ0) is 38.1. The minimum absolute atomic E-state index is 0.134. The molecule has 270 valence electrons. The summed E-state index contributed by atoms with van der Waals surface area (Å²) in [6.45, 7) is 6.60. The van der Waals surface area contributed by atoms with Gasteiger partial charge in [-0.2, -0.15) is 0 Å². The summed E-state index contributed by atoms with van der Waals surface area (Å²) < 4.78 is 0. The first-order chi connectivity index (χ1) is 27.3. The Morgan fingerprint density at radius 3 is 1.07 bits per heavy atom. The standard InChI is InChI=1S/C44H32N10S2/c1-44(2,3)29-25-27(40-51-53-42(55-40)38-20-10-18-36(49-38)34-16-8-14-32(47-34)30-12-4-6-22-45-30)24-28(26-29)41-52-54-43(56-41)39-21-11-19-37(50-39)35-17-9-15-33(48-35)31-13-5-7-23-46-31/h4-26H,1-3H3. The van der Waals surface area contributed by atoms with Crippen LogP contribution in [0.4, 0.5) is 0 Å². The third-order valence-corrected chi connectivity index (χ3v) is 10.9. The van der Waals surface area contributed by atoms with Crippen molar-refractivity contribution in [3.05, 3.63) is 145 Å². The summed E-state index contributed by atoms with van der Waals surface area (Å²) >= 11 is 3.00. The molecule has 0 saturated carbocycles. The summed E-state index contributed by atoms with van der Waals surface area (Å²) in [5.74, 6) is 0. The summed E-state index contributed by atoms with van der Waals surface area (Å²) in [5, 5.41) is 21.5. The van der Waals surface area contributed by atoms with Crippen molar-refractivity contribution in [1.82, 2.24) is 50.3 Å². The second-order valence-corrected chi connectivity index (χ2v) is 15.9. The Morgan fingerprint density at radius 2 is 0.696 bits per heavy atom. The van der Waals surface area contributed by atoms with Crippen molar-refractivity contribution in [1.29, 1.82) is 0 Å². The van der Waals surface area contributed by atoms with Crippen molar-refractivity contribution in [2.45, 2.75) is 26.2 Å². The average Bonchev–Trinajstić information content (AvgIpc) is 3.96. The number of nitrogens with zero attached hydrogens (tertiary/aromatic N) is 10. The van der Waals surface area contributed by atoms with E-state index in [0.29, 0.717) is 0 Å². The van der Waals surface area contributed by atoms with Gasteiger partial charge in [0.25, 0.3) is 0 Å². The van der Waals surface area contributed by atoms with Crippen LogP contribution in [0.25, 0.3) is 88.1 Å². The lowest BCUT2D eigenvalue weighted by Crippen LogP contribution is -2.11. The van der Waals surface area contributed by atoms with E-state index in [1.165, 1.54) is 22.7 Å². The molecule has 0 unspecified atom stereocenters. The van der Waals surface area contributed by atoms with Crippen LogP contribution in [0.1, 0.15) is 26.3 Å². The SMILES string of the molecule is CC(C)(C)c1cc(-c2nnc(-c3cccc(-c4cccc(-c5ccccn5)n4)n3)s2)cc(-c2nnc(-c3cccc(-c4cccc(-c5ccccn5)n4)n3)s2)c1. The molecule has 0 aliphatic carbocycles. The number of aromatic nitrogens is 10. The highest BCUT2D eigenvalue weighted by atomic mass is 32.1. The summed E-state index contributed by atoms with van der Waals surface area (Å²) in [6.07, 6.45) is 3.53. The maximum atomic E-state index is 4.95. The molecule has 0 atom stereocenters. The molecule has 56 heavy (non-hydrogen) atoms. The molecule has 1 aromatic carbocycles. The van der Waals surface area contributed by atoms with Crippen molar-refractivity contribution in [3.8, 4) is 88.1 Å². The number of benzene rings is 1. The van der Waals surface area contributed by atoms with Gasteiger partial charge in [-0.3, -0.25) is 9.97 Å². The lowest BCUT2D eigenvalue weighted by atomic mass is 9.85. The average molecular weight is 765 g/mol. The summed E-state index contributed by atoms with van der Waals surface area (Å²) in [6, 6.07) is 41.6. The fourth-order valence-corrected chi connectivity index (χ4v) is 7.66. The number of hydrogen-bond donors (Lipinski definition) is 0. The first-order valence-corrected chi connectivity index (χ1v) is 19.5. The zero-order valence-corrected chi connectivity index (χ0v) is 32.2. The van der Waals surface area contributed by atoms with Gasteiger partial charge in [0, 0.05) is 23.5 Å². The predicted molar refractivity (Wildman–Crippen MR) is 222 cm³/mol. The number of rotatable bonds is 8. The van der Waals surface area contributed by atoms with Crippen LogP contribution >= 0.6 is 22.7 Å². The van der Waals surface area contributed by atoms with Crippen LogP contribution in [0.15, 0.2) is 140 Å². The van der Waals surface area contributed by atoms with Gasteiger partial charge in [-0.25, -0.2) is 19.9 Å². The number of hydrogen-bond acceptors (Lipinski definition) is 12. The molecule has 0 N–H and O–H groups in total. The number of pyridine rings is 6. The topological polar surface area (TPSA) is 129 Å². The van der Waals surface area contributed by atoms with Crippen LogP contribution in [0, 0.1) is 0 Å². The molecule has 0 aliphatic rings. The van der Waals surface area contributed by atoms with Crippen molar-refractivity contribution in [2.75, 3.05) is 0 Å². The van der Waals surface area contributed by atoms with Crippen molar-refractivity contribution in [3.63, 3.8) is 0 Å². The Bertz CT molecular complexity index is 2630. The van der Waals surface area contributed by atoms with Gasteiger partial charge >= 0.3 is 0 Å². The molecule has 12 heteroatoms. The van der Waals surface area contributed by atoms with Gasteiger partial charge < -0.3 is 0 Å². The molecular weight excluding hydrogens is 733 g/mol. The molecule has 0 fully saturated rings. The largest absolute Gasteiger partial charge is 0.255 e. The Hall–Kier alpha value is -6.76. The molecule has 0 aliphatic heterocycles. The van der Waals surface area contributed by atoms with Gasteiger partial charge in [0.2, 0.25) is 0 Å². The summed E-state index contributed by atoms with van der Waals surface area (Å²) in [7, 11) is 0. The van der Waals surface area contributed by atoms with E-state index < -0.39 is 0 Å². The van der Waals surface area contributed by atoms with Crippen LogP contribution in [-0.4, -0.2) is 50.3 Å². The summed E-state index contributed by atoms with van der Waals surface area (Å²) in [4.78, 5) is 28.5. The molecule has 10 nitrogen and oxygen atoms in total. The third-order valence-electron chi connectivity index (χ3n) is 8.96. The fourth-order valence-electron chi connectivity index (χ4n) is 6.06. The van der Waals surface area contributed by atoms with E-state index in [-0.39, 0.29) is 5.41 Å². The maximum absolute atomic E-state index is 4.95. The molecule has 9 rings (SSSR count). The van der Waals surface area contributed by atoms with Gasteiger partial charge in [0.15, 0.2) is 10.0 Å². The second-order valence-electron chi connectivity index (χ2n) is 13.9. The van der Waals surface area contributed by atoms with E-state index in [2.05, 4.69) is 69.3 Å². The van der Waals surface area contributed by atoms with Crippen molar-refractivity contribution in [2.24, 2.45) is 0 Å². The van der Waals surface area contributed by atoms with Gasteiger partial charge in [0.1, 0.15) is 21.4 Å². The maximum Gasteiger partial charge on any atom is 0.166 e. The van der Waals surface area contributed by atoms with Crippen molar-refractivity contribution < 1.29 is 0 Å². The Morgan fingerprint density at radius 1 is 0.357 bits per heavy atom. The minimum Gasteiger partial charge on any atom is -0.255 e. The van der Waals surface area contributed by atoms with Crippen LogP contribution in [-0.2, 0) is 5.41 Å². The smallest absolute Gasteiger partial charge is 0.166 e. The molecule has 0 spiro atoms. The molecule has 0 amide bonds. The monoisotopic (exact) mass is 764 g/mol. The van der Waals surface area contributed by atoms with Gasteiger partial charge in [-0.15, -0.1) is 20.4 Å². The predicted octanol–water partition coefficient (Wildman–Crippen LogP) is 10.4. The van der Waals surface area contributed by atoms with Gasteiger partial charge in [-0.05, 0) is 102 Å². The van der Waals surface area contributed by atoms with E-state index in [1.54, 1.807) is 12.4 Å². The highest BCUT2D eigenvalue weighted by molar-refractivity contribution is 7.18. The first kappa shape index (κ1) is 35.0. The molecule has 8 aromatic heterocycles. The first-order valence-electron chi connectivity index (χ1n) is 17.9. The lowest BCUT2D eigenvalue weighted by Gasteiger charge is -2.20. The zero-order valence-electron chi connectivity index (χ0n) is 30.6. The van der Waals surface area contributed by atoms with Crippen LogP contribution in [0.2, 0.25) is 0 Å². The van der Waals surface area contributed by atoms with Crippen LogP contribution in [0.3, 0.4) is 0 Å². The van der Waals surface area contributed by atoms with Crippen molar-refractivity contribution >= 4 is 22.7 Å². The lowest BCUT2D eigenvalue weighted by molar-refractivity contribution is 0.590. The van der Waals surface area contributed by atoms with E-state index >= 15 is 0 Å². The molecule has 8 heterocycles. The highest BCUT2D eigenvalue weighted by Gasteiger charge is 2.21. The Kier molecular flexibility index (Phi) is 9.25. The quantitative estimate of drug-likeness (QED) is 0.147. The fraction of sp³-hybridized carbons (Fsp3) is 0.0909. The summed E-state index contributed by atoms with van der Waals surface area (Å²) in [5.41, 5.74) is 10.6. The second kappa shape index (κ2) is 14.8. The Labute approximate surface area is 331 Å². The van der Waals surface area contributed by atoms with Gasteiger partial charge in [-0.1, -0.05) is 79.8 Å². The normalized spacial score (nSPS) is 11.5. The van der Waals surface area contributed by atoms with E-state index in [4.69, 9.17) is 19.9 Å². The molecule has 0 saturated heterocycles. The molecular formula is C44H32N10S2. The molecule has 0 bridgehead atoms. The minimum atomic E-state index is -0.134. The Balaban J connectivity index is 1.01.